The summed E-state index contributed by atoms with van der Waals surface area (Å²) in [6, 6.07) is -0.236. The summed E-state index contributed by atoms with van der Waals surface area (Å²) in [5.41, 5.74) is 5.23. The molecule has 2 N–H and O–H groups in total. The van der Waals surface area contributed by atoms with E-state index in [1.54, 1.807) is 0 Å². The Kier molecular flexibility index (Phi) is 7.78. The summed E-state index contributed by atoms with van der Waals surface area (Å²) >= 11 is 0. The number of nitrogens with two attached hydrogens (primary N) is 1. The summed E-state index contributed by atoms with van der Waals surface area (Å²) in [5.74, 6) is -0.330. The predicted octanol–water partition coefficient (Wildman–Crippen LogP) is -4.78. The summed E-state index contributed by atoms with van der Waals surface area (Å²) in [6.07, 6.45) is 0.498. The van der Waals surface area contributed by atoms with Gasteiger partial charge in [0, 0.05) is 20.1 Å². The van der Waals surface area contributed by atoms with Crippen molar-refractivity contribution in [3.63, 3.8) is 0 Å². The fourth-order valence-electron chi connectivity index (χ4n) is 1.79. The molecule has 16 heavy (non-hydrogen) atoms. The van der Waals surface area contributed by atoms with E-state index in [-0.39, 0.29) is 63.3 Å². The van der Waals surface area contributed by atoms with Gasteiger partial charge in [0.2, 0.25) is 5.91 Å². The molecule has 1 aliphatic rings. The van der Waals surface area contributed by atoms with E-state index in [0.717, 1.165) is 24.3 Å². The minimum atomic E-state index is -1.20. The number of carboxylic acid groups (broad SMARTS) is 1. The maximum absolute atomic E-state index is 11.0. The van der Waals surface area contributed by atoms with Crippen molar-refractivity contribution < 1.29 is 66.1 Å². The quantitative estimate of drug-likeness (QED) is 0.509. The van der Waals surface area contributed by atoms with Gasteiger partial charge in [0.1, 0.15) is 6.09 Å². The van der Waals surface area contributed by atoms with Gasteiger partial charge >= 0.3 is 51.4 Å². The molecular weight excluding hydrogens is 237 g/mol. The van der Waals surface area contributed by atoms with Gasteiger partial charge in [0.05, 0.1) is 6.04 Å². The number of hydrogen-bond acceptors (Lipinski definition) is 4. The molecule has 1 saturated heterocycles. The minimum absolute atomic E-state index is 0. The molecule has 0 saturated carbocycles. The van der Waals surface area contributed by atoms with E-state index in [4.69, 9.17) is 5.73 Å². The molecule has 1 heterocycles. The summed E-state index contributed by atoms with van der Waals surface area (Å²) in [5, 5.41) is 10.4. The molecule has 1 unspecified atom stereocenters. The molecular formula is C9H16KN3O3. The predicted molar refractivity (Wildman–Crippen MR) is 51.8 cm³/mol. The molecule has 0 bridgehead atoms. The second kappa shape index (κ2) is 7.62. The third-order valence-corrected chi connectivity index (χ3v) is 2.73. The zero-order valence-electron chi connectivity index (χ0n) is 9.81. The van der Waals surface area contributed by atoms with Crippen LogP contribution in [-0.4, -0.2) is 54.5 Å². The van der Waals surface area contributed by atoms with Crippen LogP contribution in [0.3, 0.4) is 0 Å². The molecule has 1 atom stereocenters. The van der Waals surface area contributed by atoms with E-state index in [2.05, 4.69) is 0 Å². The molecule has 0 aromatic heterocycles. The average Bonchev–Trinajstić information content (AvgIpc) is 2.61. The molecule has 0 aromatic carbocycles. The number of likely N-dealkylation sites (N-methyl/N-ethyl adjacent to an activating group) is 1. The van der Waals surface area contributed by atoms with Gasteiger partial charge in [0.25, 0.3) is 0 Å². The summed E-state index contributed by atoms with van der Waals surface area (Å²) in [7, 11) is 1.45. The molecule has 7 heteroatoms. The van der Waals surface area contributed by atoms with Gasteiger partial charge in [-0.2, -0.15) is 0 Å². The van der Waals surface area contributed by atoms with Crippen LogP contribution in [-0.2, 0) is 4.79 Å². The van der Waals surface area contributed by atoms with Gasteiger partial charge in [-0.1, -0.05) is 0 Å². The maximum atomic E-state index is 11.0. The number of likely N-dealkylation sites (tertiary alicyclic amines) is 1. The number of carbonyl (C=O) groups excluding carboxylic acids is 2. The van der Waals surface area contributed by atoms with Crippen LogP contribution in [0.2, 0.25) is 0 Å². The molecule has 86 valence electrons. The van der Waals surface area contributed by atoms with E-state index in [0.29, 0.717) is 13.1 Å². The first-order valence-corrected chi connectivity index (χ1v) is 4.98. The second-order valence-electron chi connectivity index (χ2n) is 3.78. The van der Waals surface area contributed by atoms with Crippen molar-refractivity contribution in [2.45, 2.75) is 18.9 Å². The van der Waals surface area contributed by atoms with Crippen molar-refractivity contribution in [1.82, 2.24) is 9.80 Å². The summed E-state index contributed by atoms with van der Waals surface area (Å²) in [6.45, 7) is 1.67. The van der Waals surface area contributed by atoms with Crippen molar-refractivity contribution in [2.75, 3.05) is 26.7 Å². The largest absolute Gasteiger partial charge is 1.00 e. The zero-order chi connectivity index (χ0) is 11.4. The van der Waals surface area contributed by atoms with Gasteiger partial charge in [0.15, 0.2) is 0 Å². The van der Waals surface area contributed by atoms with Crippen LogP contribution in [0.5, 0.6) is 0 Å². The van der Waals surface area contributed by atoms with Crippen LogP contribution in [0.15, 0.2) is 0 Å². The number of nitrogens with zero attached hydrogens (tertiary/aromatic N) is 2. The molecule has 0 spiro atoms. The van der Waals surface area contributed by atoms with Crippen LogP contribution in [0.25, 0.3) is 0 Å². The normalized spacial score (nSPS) is 20.2. The summed E-state index contributed by atoms with van der Waals surface area (Å²) < 4.78 is 0. The van der Waals surface area contributed by atoms with Crippen LogP contribution < -0.4 is 62.2 Å². The molecule has 2 amide bonds. The Hall–Kier alpha value is 0.336. The average molecular weight is 253 g/mol. The van der Waals surface area contributed by atoms with E-state index in [1.165, 1.54) is 7.05 Å². The topological polar surface area (TPSA) is 89.7 Å². The first-order valence-electron chi connectivity index (χ1n) is 4.98. The number of rotatable bonds is 4. The Morgan fingerprint density at radius 1 is 1.56 bits per heavy atom. The molecule has 0 aromatic rings. The molecule has 0 aliphatic carbocycles. The fraction of sp³-hybridized carbons (Fsp3) is 0.778. The van der Waals surface area contributed by atoms with E-state index in [9.17, 15) is 14.7 Å². The third kappa shape index (κ3) is 4.68. The first kappa shape index (κ1) is 16.3. The number of hydrogen-bond donors (Lipinski definition) is 1. The van der Waals surface area contributed by atoms with E-state index < -0.39 is 6.09 Å². The van der Waals surface area contributed by atoms with Crippen LogP contribution >= 0.6 is 0 Å². The van der Waals surface area contributed by atoms with Gasteiger partial charge in [-0.15, -0.1) is 0 Å². The van der Waals surface area contributed by atoms with Gasteiger partial charge < -0.3 is 20.5 Å². The molecule has 1 rings (SSSR count). The van der Waals surface area contributed by atoms with Crippen LogP contribution in [0, 0.1) is 0 Å². The summed E-state index contributed by atoms with van der Waals surface area (Å²) in [4.78, 5) is 24.5. The Morgan fingerprint density at radius 2 is 2.19 bits per heavy atom. The zero-order valence-corrected chi connectivity index (χ0v) is 12.9. The number of amides is 2. The van der Waals surface area contributed by atoms with Crippen molar-refractivity contribution in [3.8, 4) is 0 Å². The Morgan fingerprint density at radius 3 is 2.69 bits per heavy atom. The van der Waals surface area contributed by atoms with Crippen LogP contribution in [0.4, 0.5) is 4.79 Å². The van der Waals surface area contributed by atoms with Crippen LogP contribution in [0.1, 0.15) is 12.8 Å². The Bertz CT molecular complexity index is 262. The Balaban J connectivity index is 0.00000225. The molecule has 6 nitrogen and oxygen atoms in total. The van der Waals surface area contributed by atoms with Crippen molar-refractivity contribution in [2.24, 2.45) is 5.73 Å². The number of primary amides is 1. The van der Waals surface area contributed by atoms with E-state index >= 15 is 0 Å². The third-order valence-electron chi connectivity index (χ3n) is 2.73. The SMILES string of the molecule is CN(CCN1CCCC1C(N)=O)C(=O)[O-].[K+]. The van der Waals surface area contributed by atoms with Crippen molar-refractivity contribution in [3.05, 3.63) is 0 Å². The van der Waals surface area contributed by atoms with Crippen molar-refractivity contribution >= 4 is 12.0 Å². The number of carbonyl (C=O) groups is 2. The second-order valence-corrected chi connectivity index (χ2v) is 3.78. The van der Waals surface area contributed by atoms with Crippen molar-refractivity contribution in [1.29, 1.82) is 0 Å². The fourth-order valence-corrected chi connectivity index (χ4v) is 1.79. The maximum Gasteiger partial charge on any atom is 1.00 e. The van der Waals surface area contributed by atoms with Gasteiger partial charge in [-0.25, -0.2) is 0 Å². The van der Waals surface area contributed by atoms with Gasteiger partial charge in [-0.05, 0) is 19.4 Å². The minimum Gasteiger partial charge on any atom is -0.530 e. The molecule has 0 radical (unpaired) electrons. The van der Waals surface area contributed by atoms with E-state index in [1.807, 2.05) is 4.90 Å². The molecule has 1 fully saturated rings. The van der Waals surface area contributed by atoms with Gasteiger partial charge in [-0.3, -0.25) is 9.69 Å². The standard InChI is InChI=1S/C9H17N3O3.K/c1-11(9(14)15)5-6-12-4-2-3-7(12)8(10)13;/h7H,2-6H2,1H3,(H2,10,13)(H,14,15);/q;+1/p-1. The first-order chi connectivity index (χ1) is 7.02. The Labute approximate surface area is 138 Å². The molecule has 1 aliphatic heterocycles. The smallest absolute Gasteiger partial charge is 0.530 e. The monoisotopic (exact) mass is 253 g/mol.